The molecular formula is C16H25N3. The molecule has 0 spiro atoms. The normalized spacial score (nSPS) is 23.6. The van der Waals surface area contributed by atoms with Gasteiger partial charge in [0.25, 0.3) is 0 Å². The number of piperidine rings is 1. The van der Waals surface area contributed by atoms with Gasteiger partial charge in [-0.3, -0.25) is 0 Å². The van der Waals surface area contributed by atoms with E-state index in [1.54, 1.807) is 0 Å². The van der Waals surface area contributed by atoms with Gasteiger partial charge in [-0.2, -0.15) is 0 Å². The van der Waals surface area contributed by atoms with Crippen molar-refractivity contribution in [3.63, 3.8) is 0 Å². The van der Waals surface area contributed by atoms with Gasteiger partial charge in [-0.25, -0.2) is 0 Å². The number of fused-ring (bicyclic) bond motifs is 1. The van der Waals surface area contributed by atoms with Crippen molar-refractivity contribution in [1.82, 2.24) is 4.90 Å². The molecule has 1 aromatic carbocycles. The van der Waals surface area contributed by atoms with Crippen LogP contribution in [0, 0.1) is 5.92 Å². The van der Waals surface area contributed by atoms with Gasteiger partial charge in [0.2, 0.25) is 0 Å². The molecule has 3 heteroatoms. The van der Waals surface area contributed by atoms with Crippen LogP contribution in [0.15, 0.2) is 18.2 Å². The number of rotatable bonds is 3. The van der Waals surface area contributed by atoms with Crippen LogP contribution in [0.5, 0.6) is 0 Å². The largest absolute Gasteiger partial charge is 0.399 e. The number of hydrogen-bond acceptors (Lipinski definition) is 3. The number of nitrogens with zero attached hydrogens (tertiary/aromatic N) is 2. The first-order chi connectivity index (χ1) is 9.22. The van der Waals surface area contributed by atoms with Gasteiger partial charge in [0, 0.05) is 37.6 Å². The van der Waals surface area contributed by atoms with Crippen molar-refractivity contribution in [2.24, 2.45) is 5.92 Å². The lowest BCUT2D eigenvalue weighted by molar-refractivity contribution is 0.188. The second kappa shape index (κ2) is 5.41. The molecule has 1 saturated heterocycles. The van der Waals surface area contributed by atoms with Crippen LogP contribution in [0.1, 0.15) is 25.3 Å². The maximum atomic E-state index is 5.91. The van der Waals surface area contributed by atoms with Crippen molar-refractivity contribution in [3.8, 4) is 0 Å². The Bertz CT molecular complexity index is 444. The van der Waals surface area contributed by atoms with Gasteiger partial charge in [0.05, 0.1) is 0 Å². The summed E-state index contributed by atoms with van der Waals surface area (Å²) in [6.45, 7) is 8.42. The third-order valence-electron chi connectivity index (χ3n) is 4.53. The van der Waals surface area contributed by atoms with Crippen LogP contribution in [0.3, 0.4) is 0 Å². The first-order valence-electron chi connectivity index (χ1n) is 7.58. The number of likely N-dealkylation sites (tertiary alicyclic amines) is 1. The van der Waals surface area contributed by atoms with Gasteiger partial charge in [-0.05, 0) is 49.4 Å². The molecule has 0 bridgehead atoms. The van der Waals surface area contributed by atoms with E-state index >= 15 is 0 Å². The maximum Gasteiger partial charge on any atom is 0.0420 e. The molecule has 0 amide bonds. The van der Waals surface area contributed by atoms with Crippen LogP contribution >= 0.6 is 0 Å². The lowest BCUT2D eigenvalue weighted by Gasteiger charge is -2.32. The van der Waals surface area contributed by atoms with E-state index in [-0.39, 0.29) is 0 Å². The zero-order valence-corrected chi connectivity index (χ0v) is 11.9. The summed E-state index contributed by atoms with van der Waals surface area (Å²) in [6.07, 6.45) is 3.94. The highest BCUT2D eigenvalue weighted by Gasteiger charge is 2.21. The van der Waals surface area contributed by atoms with Crippen LogP contribution in [0.25, 0.3) is 0 Å². The molecule has 2 heterocycles. The molecule has 3 nitrogen and oxygen atoms in total. The van der Waals surface area contributed by atoms with Crippen molar-refractivity contribution in [2.75, 3.05) is 43.4 Å². The second-order valence-corrected chi connectivity index (χ2v) is 6.17. The Morgan fingerprint density at radius 2 is 2.16 bits per heavy atom. The highest BCUT2D eigenvalue weighted by molar-refractivity contribution is 5.64. The second-order valence-electron chi connectivity index (χ2n) is 6.17. The summed E-state index contributed by atoms with van der Waals surface area (Å²) in [4.78, 5) is 5.13. The third kappa shape index (κ3) is 2.86. The molecule has 104 valence electrons. The van der Waals surface area contributed by atoms with Gasteiger partial charge in [-0.15, -0.1) is 0 Å². The summed E-state index contributed by atoms with van der Waals surface area (Å²) in [5, 5.41) is 0. The standard InChI is InChI=1S/C16H25N3/c1-13-3-2-7-18(12-13)9-10-19-8-6-14-4-5-15(17)11-16(14)19/h4-5,11,13H,2-3,6-10,12,17H2,1H3. The van der Waals surface area contributed by atoms with E-state index in [0.717, 1.165) is 24.7 Å². The predicted molar refractivity (Wildman–Crippen MR) is 81.6 cm³/mol. The van der Waals surface area contributed by atoms with E-state index in [1.807, 2.05) is 6.07 Å². The summed E-state index contributed by atoms with van der Waals surface area (Å²) in [5.74, 6) is 0.871. The van der Waals surface area contributed by atoms with Crippen LogP contribution < -0.4 is 10.6 Å². The summed E-state index contributed by atoms with van der Waals surface area (Å²) in [7, 11) is 0. The van der Waals surface area contributed by atoms with Crippen molar-refractivity contribution < 1.29 is 0 Å². The van der Waals surface area contributed by atoms with E-state index in [4.69, 9.17) is 5.73 Å². The van der Waals surface area contributed by atoms with E-state index < -0.39 is 0 Å². The van der Waals surface area contributed by atoms with Crippen molar-refractivity contribution in [2.45, 2.75) is 26.2 Å². The topological polar surface area (TPSA) is 32.5 Å². The number of nitrogens with two attached hydrogens (primary N) is 1. The lowest BCUT2D eigenvalue weighted by Crippen LogP contribution is -2.39. The first kappa shape index (κ1) is 12.8. The van der Waals surface area contributed by atoms with Crippen molar-refractivity contribution in [3.05, 3.63) is 23.8 Å². The van der Waals surface area contributed by atoms with Gasteiger partial charge >= 0.3 is 0 Å². The molecule has 1 aromatic rings. The monoisotopic (exact) mass is 259 g/mol. The Balaban J connectivity index is 1.59. The summed E-state index contributed by atoms with van der Waals surface area (Å²) in [6, 6.07) is 6.35. The number of nitrogen functional groups attached to an aromatic ring is 1. The zero-order valence-electron chi connectivity index (χ0n) is 11.9. The Morgan fingerprint density at radius 3 is 3.00 bits per heavy atom. The van der Waals surface area contributed by atoms with Crippen LogP contribution in [-0.2, 0) is 6.42 Å². The maximum absolute atomic E-state index is 5.91. The SMILES string of the molecule is CC1CCCN(CCN2CCc3ccc(N)cc32)C1. The van der Waals surface area contributed by atoms with Crippen molar-refractivity contribution >= 4 is 11.4 Å². The van der Waals surface area contributed by atoms with E-state index in [9.17, 15) is 0 Å². The molecule has 2 N–H and O–H groups in total. The fourth-order valence-electron chi connectivity index (χ4n) is 3.45. The molecule has 2 aliphatic rings. The van der Waals surface area contributed by atoms with Gasteiger partial charge in [-0.1, -0.05) is 13.0 Å². The minimum absolute atomic E-state index is 0.871. The molecule has 1 fully saturated rings. The molecule has 1 atom stereocenters. The van der Waals surface area contributed by atoms with E-state index in [0.29, 0.717) is 0 Å². The minimum atomic E-state index is 0.871. The zero-order chi connectivity index (χ0) is 13.2. The molecule has 0 aromatic heterocycles. The Labute approximate surface area is 116 Å². The predicted octanol–water partition coefficient (Wildman–Crippen LogP) is 2.36. The Morgan fingerprint density at radius 1 is 1.26 bits per heavy atom. The highest BCUT2D eigenvalue weighted by Crippen LogP contribution is 2.29. The molecule has 3 rings (SSSR count). The smallest absolute Gasteiger partial charge is 0.0420 e. The van der Waals surface area contributed by atoms with Crippen LogP contribution in [0.4, 0.5) is 11.4 Å². The molecule has 19 heavy (non-hydrogen) atoms. The number of anilines is 2. The van der Waals surface area contributed by atoms with Gasteiger partial charge in [0.15, 0.2) is 0 Å². The third-order valence-corrected chi connectivity index (χ3v) is 4.53. The summed E-state index contributed by atoms with van der Waals surface area (Å²) in [5.41, 5.74) is 9.62. The summed E-state index contributed by atoms with van der Waals surface area (Å²) < 4.78 is 0. The quantitative estimate of drug-likeness (QED) is 0.846. The van der Waals surface area contributed by atoms with Gasteiger partial charge < -0.3 is 15.5 Å². The Hall–Kier alpha value is -1.22. The average molecular weight is 259 g/mol. The molecule has 0 saturated carbocycles. The van der Waals surface area contributed by atoms with Crippen molar-refractivity contribution in [1.29, 1.82) is 0 Å². The fraction of sp³-hybridized carbons (Fsp3) is 0.625. The van der Waals surface area contributed by atoms with Crippen LogP contribution in [0.2, 0.25) is 0 Å². The first-order valence-corrected chi connectivity index (χ1v) is 7.58. The van der Waals surface area contributed by atoms with Gasteiger partial charge in [0.1, 0.15) is 0 Å². The number of hydrogen-bond donors (Lipinski definition) is 1. The fourth-order valence-corrected chi connectivity index (χ4v) is 3.45. The Kier molecular flexibility index (Phi) is 3.65. The van der Waals surface area contributed by atoms with Crippen LogP contribution in [-0.4, -0.2) is 37.6 Å². The van der Waals surface area contributed by atoms with E-state index in [2.05, 4.69) is 28.9 Å². The molecule has 1 unspecified atom stereocenters. The van der Waals surface area contributed by atoms with E-state index in [1.165, 1.54) is 50.1 Å². The summed E-state index contributed by atoms with van der Waals surface area (Å²) >= 11 is 0. The average Bonchev–Trinajstić information content (AvgIpc) is 2.79. The molecular weight excluding hydrogens is 234 g/mol. The minimum Gasteiger partial charge on any atom is -0.399 e. The highest BCUT2D eigenvalue weighted by atomic mass is 15.2. The molecule has 0 radical (unpaired) electrons. The molecule has 0 aliphatic carbocycles. The lowest BCUT2D eigenvalue weighted by atomic mass is 10.0. The number of benzene rings is 1. The molecule has 2 aliphatic heterocycles.